The summed E-state index contributed by atoms with van der Waals surface area (Å²) in [5.41, 5.74) is 6.55. The van der Waals surface area contributed by atoms with Gasteiger partial charge in [0.2, 0.25) is 0 Å². The lowest BCUT2D eigenvalue weighted by Crippen LogP contribution is -1.98. The Balaban J connectivity index is 2.12. The number of pyridine rings is 1. The molecule has 4 nitrogen and oxygen atoms in total. The van der Waals surface area contributed by atoms with Crippen molar-refractivity contribution in [3.05, 3.63) is 51.9 Å². The first-order valence-corrected chi connectivity index (χ1v) is 7.55. The first-order valence-electron chi connectivity index (χ1n) is 7.14. The molecule has 1 N–H and O–H groups in total. The highest BCUT2D eigenvalue weighted by Gasteiger charge is 2.12. The van der Waals surface area contributed by atoms with Gasteiger partial charge in [0.1, 0.15) is 0 Å². The summed E-state index contributed by atoms with van der Waals surface area (Å²) in [6.45, 7) is 6.21. The van der Waals surface area contributed by atoms with E-state index >= 15 is 0 Å². The number of rotatable bonds is 2. The lowest BCUT2D eigenvalue weighted by atomic mass is 10.0. The monoisotopic (exact) mass is 310 g/mol. The highest BCUT2D eigenvalue weighted by molar-refractivity contribution is 7.71. The van der Waals surface area contributed by atoms with E-state index in [-0.39, 0.29) is 0 Å². The molecule has 1 aromatic carbocycles. The van der Waals surface area contributed by atoms with Gasteiger partial charge >= 0.3 is 0 Å². The van der Waals surface area contributed by atoms with E-state index in [4.69, 9.17) is 17.2 Å². The Kier molecular flexibility index (Phi) is 3.66. The zero-order chi connectivity index (χ0) is 15.9. The molecule has 0 saturated carbocycles. The van der Waals surface area contributed by atoms with Crippen molar-refractivity contribution in [2.75, 3.05) is 0 Å². The number of aromatic nitrogens is 4. The molecule has 0 bridgehead atoms. The molecule has 0 fully saturated rings. The Morgan fingerprint density at radius 2 is 1.82 bits per heavy atom. The molecule has 0 atom stereocenters. The molecule has 5 heteroatoms. The molecule has 2 aromatic heterocycles. The molecule has 0 spiro atoms. The van der Waals surface area contributed by atoms with Crippen LogP contribution in [0, 0.1) is 25.5 Å². The van der Waals surface area contributed by atoms with Gasteiger partial charge in [0.15, 0.2) is 10.6 Å². The molecule has 0 aliphatic heterocycles. The number of aryl methyl sites for hydroxylation is 3. The number of H-pyrrole nitrogens is 1. The molecule has 0 aliphatic carbocycles. The SMILES string of the molecule is Cc1ccc(C)c(-c2ccc(-c3n[nH]c(=S)n3C)c(C)n2)c1. The first-order chi connectivity index (χ1) is 10.5. The van der Waals surface area contributed by atoms with Crippen molar-refractivity contribution in [1.82, 2.24) is 19.7 Å². The average molecular weight is 310 g/mol. The van der Waals surface area contributed by atoms with Crippen LogP contribution in [0.2, 0.25) is 0 Å². The lowest BCUT2D eigenvalue weighted by Gasteiger charge is -2.10. The number of nitrogens with zero attached hydrogens (tertiary/aromatic N) is 3. The number of hydrogen-bond acceptors (Lipinski definition) is 3. The predicted octanol–water partition coefficient (Wildman–Crippen LogP) is 4.13. The molecule has 0 amide bonds. The maximum absolute atomic E-state index is 5.18. The summed E-state index contributed by atoms with van der Waals surface area (Å²) < 4.78 is 2.46. The van der Waals surface area contributed by atoms with Crippen LogP contribution in [0.15, 0.2) is 30.3 Å². The van der Waals surface area contributed by atoms with Crippen molar-refractivity contribution < 1.29 is 0 Å². The van der Waals surface area contributed by atoms with Gasteiger partial charge < -0.3 is 4.57 Å². The third-order valence-corrected chi connectivity index (χ3v) is 4.24. The number of nitrogens with one attached hydrogen (secondary N) is 1. The fourth-order valence-corrected chi connectivity index (χ4v) is 2.68. The van der Waals surface area contributed by atoms with E-state index in [0.29, 0.717) is 4.77 Å². The maximum atomic E-state index is 5.18. The molecule has 22 heavy (non-hydrogen) atoms. The smallest absolute Gasteiger partial charge is 0.195 e. The quantitative estimate of drug-likeness (QED) is 0.724. The average Bonchev–Trinajstić information content (AvgIpc) is 2.82. The van der Waals surface area contributed by atoms with Crippen LogP contribution in [-0.2, 0) is 7.05 Å². The Morgan fingerprint density at radius 3 is 2.45 bits per heavy atom. The standard InChI is InChI=1S/C17H18N4S/c1-10-5-6-11(2)14(9-10)15-8-7-13(12(3)18-15)16-19-20-17(22)21(16)4/h5-9H,1-4H3,(H,20,22). The van der Waals surface area contributed by atoms with Crippen LogP contribution in [0.5, 0.6) is 0 Å². The van der Waals surface area contributed by atoms with E-state index in [2.05, 4.69) is 48.3 Å². The van der Waals surface area contributed by atoms with Gasteiger partial charge in [-0.15, -0.1) is 0 Å². The summed E-state index contributed by atoms with van der Waals surface area (Å²) in [6.07, 6.45) is 0. The van der Waals surface area contributed by atoms with Crippen LogP contribution in [0.3, 0.4) is 0 Å². The molecule has 0 unspecified atom stereocenters. The van der Waals surface area contributed by atoms with Crippen LogP contribution < -0.4 is 0 Å². The van der Waals surface area contributed by atoms with Crippen molar-refractivity contribution >= 4 is 12.2 Å². The lowest BCUT2D eigenvalue weighted by molar-refractivity contribution is 0.899. The van der Waals surface area contributed by atoms with Crippen LogP contribution in [0.1, 0.15) is 16.8 Å². The third-order valence-electron chi connectivity index (χ3n) is 3.88. The van der Waals surface area contributed by atoms with E-state index in [1.54, 1.807) is 0 Å². The molecule has 3 rings (SSSR count). The summed E-state index contributed by atoms with van der Waals surface area (Å²) in [6, 6.07) is 10.5. The molecular formula is C17H18N4S. The fourth-order valence-electron chi connectivity index (χ4n) is 2.55. The fraction of sp³-hybridized carbons (Fsp3) is 0.235. The van der Waals surface area contributed by atoms with E-state index in [1.165, 1.54) is 16.7 Å². The molecule has 112 valence electrons. The summed E-state index contributed by atoms with van der Waals surface area (Å²) in [5.74, 6) is 0.808. The summed E-state index contributed by atoms with van der Waals surface area (Å²) >= 11 is 5.18. The van der Waals surface area contributed by atoms with Gasteiger partial charge in [-0.2, -0.15) is 5.10 Å². The maximum Gasteiger partial charge on any atom is 0.195 e. The van der Waals surface area contributed by atoms with Gasteiger partial charge in [0.25, 0.3) is 0 Å². The van der Waals surface area contributed by atoms with Gasteiger partial charge in [-0.05, 0) is 56.8 Å². The third kappa shape index (κ3) is 2.48. The normalized spacial score (nSPS) is 10.9. The van der Waals surface area contributed by atoms with E-state index < -0.39 is 0 Å². The first kappa shape index (κ1) is 14.7. The molecule has 0 saturated heterocycles. The Hall–Kier alpha value is -2.27. The summed E-state index contributed by atoms with van der Waals surface area (Å²) in [5, 5.41) is 7.10. The molecule has 3 aromatic rings. The van der Waals surface area contributed by atoms with Crippen LogP contribution in [0.25, 0.3) is 22.6 Å². The van der Waals surface area contributed by atoms with Gasteiger partial charge in [0, 0.05) is 23.9 Å². The largest absolute Gasteiger partial charge is 0.303 e. The summed E-state index contributed by atoms with van der Waals surface area (Å²) in [4.78, 5) is 4.77. The second-order valence-electron chi connectivity index (χ2n) is 5.56. The molecular weight excluding hydrogens is 292 g/mol. The van der Waals surface area contributed by atoms with Crippen molar-refractivity contribution in [3.63, 3.8) is 0 Å². The van der Waals surface area contributed by atoms with Crippen molar-refractivity contribution in [2.45, 2.75) is 20.8 Å². The van der Waals surface area contributed by atoms with Gasteiger partial charge in [-0.25, -0.2) is 0 Å². The Morgan fingerprint density at radius 1 is 1.05 bits per heavy atom. The molecule has 2 heterocycles. The van der Waals surface area contributed by atoms with Gasteiger partial charge in [-0.3, -0.25) is 10.1 Å². The van der Waals surface area contributed by atoms with Crippen molar-refractivity contribution in [3.8, 4) is 22.6 Å². The second kappa shape index (κ2) is 5.50. The zero-order valence-corrected chi connectivity index (χ0v) is 14.0. The Labute approximate surface area is 134 Å². The number of aromatic amines is 1. The van der Waals surface area contributed by atoms with Crippen LogP contribution >= 0.6 is 12.2 Å². The van der Waals surface area contributed by atoms with Crippen molar-refractivity contribution in [2.24, 2.45) is 7.05 Å². The van der Waals surface area contributed by atoms with Crippen molar-refractivity contribution in [1.29, 1.82) is 0 Å². The van der Waals surface area contributed by atoms with Gasteiger partial charge in [-0.1, -0.05) is 17.7 Å². The second-order valence-corrected chi connectivity index (χ2v) is 5.95. The number of hydrogen-bond donors (Lipinski definition) is 1. The number of benzene rings is 1. The van der Waals surface area contributed by atoms with E-state index in [0.717, 1.165) is 22.8 Å². The molecule has 0 aliphatic rings. The Bertz CT molecular complexity index is 905. The van der Waals surface area contributed by atoms with E-state index in [1.807, 2.05) is 24.6 Å². The van der Waals surface area contributed by atoms with Crippen LogP contribution in [0.4, 0.5) is 0 Å². The van der Waals surface area contributed by atoms with Gasteiger partial charge in [0.05, 0.1) is 5.69 Å². The highest BCUT2D eigenvalue weighted by atomic mass is 32.1. The minimum atomic E-state index is 0.605. The minimum Gasteiger partial charge on any atom is -0.303 e. The summed E-state index contributed by atoms with van der Waals surface area (Å²) in [7, 11) is 1.90. The van der Waals surface area contributed by atoms with Crippen LogP contribution in [-0.4, -0.2) is 19.7 Å². The predicted molar refractivity (Wildman–Crippen MR) is 91.3 cm³/mol. The highest BCUT2D eigenvalue weighted by Crippen LogP contribution is 2.27. The zero-order valence-electron chi connectivity index (χ0n) is 13.1. The van der Waals surface area contributed by atoms with E-state index in [9.17, 15) is 0 Å². The molecule has 0 radical (unpaired) electrons. The minimum absolute atomic E-state index is 0.605. The topological polar surface area (TPSA) is 46.5 Å².